The van der Waals surface area contributed by atoms with Gasteiger partial charge in [0.25, 0.3) is 10.0 Å². The molecule has 7 nitrogen and oxygen atoms in total. The highest BCUT2D eigenvalue weighted by Gasteiger charge is 2.25. The normalized spacial score (nSPS) is 14.0. The van der Waals surface area contributed by atoms with Crippen LogP contribution in [-0.2, 0) is 21.2 Å². The fourth-order valence-corrected chi connectivity index (χ4v) is 5.93. The molecule has 0 radical (unpaired) electrons. The highest BCUT2D eigenvalue weighted by atomic mass is 32.2. The number of nitrogens with zero attached hydrogens (tertiary/aromatic N) is 1. The summed E-state index contributed by atoms with van der Waals surface area (Å²) in [6.07, 6.45) is 3.40. The summed E-state index contributed by atoms with van der Waals surface area (Å²) in [5.41, 5.74) is 1.43. The van der Waals surface area contributed by atoms with Crippen LogP contribution in [-0.4, -0.2) is 34.5 Å². The van der Waals surface area contributed by atoms with Crippen LogP contribution in [0.25, 0.3) is 0 Å². The smallest absolute Gasteiger partial charge is 0.264 e. The molecular formula is C24H27N3O4S2. The van der Waals surface area contributed by atoms with Gasteiger partial charge in [0, 0.05) is 23.7 Å². The molecule has 0 spiro atoms. The maximum Gasteiger partial charge on any atom is 0.264 e. The van der Waals surface area contributed by atoms with Gasteiger partial charge in [0.15, 0.2) is 0 Å². The maximum absolute atomic E-state index is 13.5. The van der Waals surface area contributed by atoms with Gasteiger partial charge in [-0.1, -0.05) is 18.2 Å². The van der Waals surface area contributed by atoms with Crippen molar-refractivity contribution < 1.29 is 17.9 Å². The highest BCUT2D eigenvalue weighted by molar-refractivity contribution is 7.93. The first-order valence-electron chi connectivity index (χ1n) is 10.8. The molecule has 9 heteroatoms. The summed E-state index contributed by atoms with van der Waals surface area (Å²) in [7, 11) is -2.46. The second-order valence-electron chi connectivity index (χ2n) is 7.84. The Kier molecular flexibility index (Phi) is 7.20. The molecule has 1 aliphatic heterocycles. The maximum atomic E-state index is 13.5. The van der Waals surface area contributed by atoms with Crippen molar-refractivity contribution in [3.05, 3.63) is 64.9 Å². The summed E-state index contributed by atoms with van der Waals surface area (Å²) >= 11 is 1.51. The number of carbonyl (C=O) groups excluding carboxylic acids is 1. The molecule has 1 aliphatic rings. The van der Waals surface area contributed by atoms with Crippen LogP contribution in [0, 0.1) is 0 Å². The fourth-order valence-electron chi connectivity index (χ4n) is 3.91. The van der Waals surface area contributed by atoms with E-state index in [4.69, 9.17) is 4.74 Å². The van der Waals surface area contributed by atoms with Gasteiger partial charge in [-0.05, 0) is 61.0 Å². The molecule has 2 heterocycles. The van der Waals surface area contributed by atoms with E-state index in [0.29, 0.717) is 22.8 Å². The summed E-state index contributed by atoms with van der Waals surface area (Å²) in [4.78, 5) is 15.7. The van der Waals surface area contributed by atoms with Crippen LogP contribution < -0.4 is 19.7 Å². The van der Waals surface area contributed by atoms with Crippen LogP contribution in [0.3, 0.4) is 0 Å². The number of rotatable bonds is 8. The van der Waals surface area contributed by atoms with Gasteiger partial charge in [0.1, 0.15) is 10.6 Å². The summed E-state index contributed by atoms with van der Waals surface area (Å²) < 4.78 is 35.0. The van der Waals surface area contributed by atoms with Crippen molar-refractivity contribution in [1.29, 1.82) is 0 Å². The van der Waals surface area contributed by atoms with Gasteiger partial charge in [-0.15, -0.1) is 11.3 Å². The Morgan fingerprint density at radius 1 is 1.06 bits per heavy atom. The predicted molar refractivity (Wildman–Crippen MR) is 133 cm³/mol. The molecule has 1 fully saturated rings. The Bertz CT molecular complexity index is 1200. The first-order valence-corrected chi connectivity index (χ1v) is 13.2. The topological polar surface area (TPSA) is 87.7 Å². The van der Waals surface area contributed by atoms with E-state index in [-0.39, 0.29) is 17.2 Å². The summed E-state index contributed by atoms with van der Waals surface area (Å²) in [5, 5.41) is 4.76. The van der Waals surface area contributed by atoms with E-state index in [1.165, 1.54) is 24.5 Å². The van der Waals surface area contributed by atoms with Crippen molar-refractivity contribution >= 4 is 44.3 Å². The molecular weight excluding hydrogens is 458 g/mol. The van der Waals surface area contributed by atoms with E-state index in [0.717, 1.165) is 37.2 Å². The Morgan fingerprint density at radius 3 is 2.58 bits per heavy atom. The van der Waals surface area contributed by atoms with E-state index in [1.54, 1.807) is 36.4 Å². The predicted octanol–water partition coefficient (Wildman–Crippen LogP) is 4.73. The van der Waals surface area contributed by atoms with E-state index in [1.807, 2.05) is 17.5 Å². The lowest BCUT2D eigenvalue weighted by Gasteiger charge is -2.30. The Labute approximate surface area is 198 Å². The number of amides is 1. The number of piperidine rings is 1. The molecule has 0 aliphatic carbocycles. The number of thiophene rings is 1. The van der Waals surface area contributed by atoms with E-state index >= 15 is 0 Å². The first kappa shape index (κ1) is 23.1. The van der Waals surface area contributed by atoms with Gasteiger partial charge in [-0.25, -0.2) is 8.42 Å². The van der Waals surface area contributed by atoms with Crippen LogP contribution in [0.1, 0.15) is 24.1 Å². The third kappa shape index (κ3) is 5.66. The number of anilines is 3. The lowest BCUT2D eigenvalue weighted by Crippen LogP contribution is -2.31. The number of carbonyl (C=O) groups is 1. The number of hydrogen-bond donors (Lipinski definition) is 2. The van der Waals surface area contributed by atoms with Gasteiger partial charge in [0.05, 0.1) is 24.9 Å². The van der Waals surface area contributed by atoms with Crippen LogP contribution in [0.5, 0.6) is 5.75 Å². The minimum atomic E-state index is -3.96. The van der Waals surface area contributed by atoms with Crippen LogP contribution >= 0.6 is 11.3 Å². The SMILES string of the molecule is COc1ccccc1NS(=O)(=O)c1cc(NC(=O)Cc2cccs2)ccc1N1CCCCC1. The zero-order chi connectivity index (χ0) is 23.3. The van der Waals surface area contributed by atoms with E-state index < -0.39 is 10.0 Å². The largest absolute Gasteiger partial charge is 0.495 e. The summed E-state index contributed by atoms with van der Waals surface area (Å²) in [6.45, 7) is 1.59. The standard InChI is InChI=1S/C24H27N3O4S2/c1-31-22-10-4-3-9-20(22)26-33(29,30)23-16-18(25-24(28)17-19-8-7-15-32-19)11-12-21(23)27-13-5-2-6-14-27/h3-4,7-12,15-16,26H,2,5-6,13-14,17H2,1H3,(H,25,28). The molecule has 1 saturated heterocycles. The molecule has 2 N–H and O–H groups in total. The number of benzene rings is 2. The molecule has 1 aromatic heterocycles. The molecule has 174 valence electrons. The summed E-state index contributed by atoms with van der Waals surface area (Å²) in [6, 6.07) is 15.8. The molecule has 1 amide bonds. The monoisotopic (exact) mass is 485 g/mol. The third-order valence-corrected chi connectivity index (χ3v) is 7.77. The number of hydrogen-bond acceptors (Lipinski definition) is 6. The van der Waals surface area contributed by atoms with Crippen molar-refractivity contribution in [2.24, 2.45) is 0 Å². The number of para-hydroxylation sites is 2. The number of sulfonamides is 1. The number of methoxy groups -OCH3 is 1. The van der Waals surface area contributed by atoms with Gasteiger partial charge >= 0.3 is 0 Å². The first-order chi connectivity index (χ1) is 16.0. The average Bonchev–Trinajstić information content (AvgIpc) is 3.32. The Hall–Kier alpha value is -3.04. The van der Waals surface area contributed by atoms with Crippen molar-refractivity contribution in [1.82, 2.24) is 0 Å². The van der Waals surface area contributed by atoms with Crippen molar-refractivity contribution in [2.75, 3.05) is 35.1 Å². The van der Waals surface area contributed by atoms with E-state index in [2.05, 4.69) is 14.9 Å². The van der Waals surface area contributed by atoms with Gasteiger partial charge in [-0.3, -0.25) is 9.52 Å². The molecule has 33 heavy (non-hydrogen) atoms. The lowest BCUT2D eigenvalue weighted by molar-refractivity contribution is -0.115. The van der Waals surface area contributed by atoms with Gasteiger partial charge in [-0.2, -0.15) is 0 Å². The van der Waals surface area contributed by atoms with E-state index in [9.17, 15) is 13.2 Å². The van der Waals surface area contributed by atoms with Crippen LogP contribution in [0.15, 0.2) is 64.9 Å². The van der Waals surface area contributed by atoms with Crippen LogP contribution in [0.4, 0.5) is 17.1 Å². The van der Waals surface area contributed by atoms with Gasteiger partial charge in [0.2, 0.25) is 5.91 Å². The quantitative estimate of drug-likeness (QED) is 0.482. The minimum Gasteiger partial charge on any atom is -0.495 e. The average molecular weight is 486 g/mol. The Morgan fingerprint density at radius 2 is 1.85 bits per heavy atom. The zero-order valence-electron chi connectivity index (χ0n) is 18.4. The highest BCUT2D eigenvalue weighted by Crippen LogP contribution is 2.33. The molecule has 0 atom stereocenters. The lowest BCUT2D eigenvalue weighted by atomic mass is 10.1. The number of ether oxygens (including phenoxy) is 1. The van der Waals surface area contributed by atoms with Crippen molar-refractivity contribution in [3.8, 4) is 5.75 Å². The molecule has 2 aromatic carbocycles. The van der Waals surface area contributed by atoms with Crippen molar-refractivity contribution in [3.63, 3.8) is 0 Å². The molecule has 0 bridgehead atoms. The van der Waals surface area contributed by atoms with Gasteiger partial charge < -0.3 is 15.0 Å². The fraction of sp³-hybridized carbons (Fsp3) is 0.292. The minimum absolute atomic E-state index is 0.129. The molecule has 3 aromatic rings. The molecule has 0 saturated carbocycles. The van der Waals surface area contributed by atoms with Crippen molar-refractivity contribution in [2.45, 2.75) is 30.6 Å². The zero-order valence-corrected chi connectivity index (χ0v) is 20.0. The molecule has 0 unspecified atom stereocenters. The third-order valence-electron chi connectivity index (χ3n) is 5.50. The summed E-state index contributed by atoms with van der Waals surface area (Å²) in [5.74, 6) is 0.241. The second kappa shape index (κ2) is 10.3. The molecule has 4 rings (SSSR count). The number of nitrogens with one attached hydrogen (secondary N) is 2. The van der Waals surface area contributed by atoms with Crippen LogP contribution in [0.2, 0.25) is 0 Å². The second-order valence-corrected chi connectivity index (χ2v) is 10.5. The Balaban J connectivity index is 1.66.